The van der Waals surface area contributed by atoms with Crippen LogP contribution >= 0.6 is 0 Å². The number of nitrogens with zero attached hydrogens (tertiary/aromatic N) is 2. The lowest BCUT2D eigenvalue weighted by molar-refractivity contribution is -0.165. The van der Waals surface area contributed by atoms with Gasteiger partial charge in [-0.3, -0.25) is 9.59 Å². The van der Waals surface area contributed by atoms with E-state index in [1.807, 2.05) is 42.4 Å². The number of benzene rings is 2. The van der Waals surface area contributed by atoms with Gasteiger partial charge in [-0.25, -0.2) is 19.2 Å². The van der Waals surface area contributed by atoms with Gasteiger partial charge in [-0.2, -0.15) is 0 Å². The molecule has 2 aromatic rings. The molecule has 7 nitrogen and oxygen atoms in total. The fourth-order valence-corrected chi connectivity index (χ4v) is 4.82. The molecule has 188 valence electrons. The Kier molecular flexibility index (Phi) is 7.66. The predicted octanol–water partition coefficient (Wildman–Crippen LogP) is 2.84. The zero-order valence-electron chi connectivity index (χ0n) is 19.8. The predicted molar refractivity (Wildman–Crippen MR) is 127 cm³/mol. The Morgan fingerprint density at radius 3 is 2.43 bits per heavy atom. The van der Waals surface area contributed by atoms with Gasteiger partial charge in [-0.1, -0.05) is 42.5 Å². The van der Waals surface area contributed by atoms with E-state index in [4.69, 9.17) is 0 Å². The lowest BCUT2D eigenvalue weighted by Crippen LogP contribution is -2.65. The average Bonchev–Trinajstić information content (AvgIpc) is 3.25. The second-order valence-corrected chi connectivity index (χ2v) is 9.48. The molecule has 1 heterocycles. The van der Waals surface area contributed by atoms with Crippen LogP contribution in [0.4, 0.5) is 8.78 Å². The average molecular weight is 487 g/mol. The van der Waals surface area contributed by atoms with Crippen molar-refractivity contribution in [3.63, 3.8) is 0 Å². The summed E-state index contributed by atoms with van der Waals surface area (Å²) < 4.78 is 27.8. The van der Waals surface area contributed by atoms with E-state index in [2.05, 4.69) is 10.7 Å². The molecule has 4 rings (SSSR count). The van der Waals surface area contributed by atoms with Gasteiger partial charge in [0.1, 0.15) is 11.8 Å². The zero-order chi connectivity index (χ0) is 25.0. The first-order chi connectivity index (χ1) is 16.7. The molecule has 3 N–H and O–H groups in total. The van der Waals surface area contributed by atoms with E-state index in [1.54, 1.807) is 24.3 Å². The smallest absolute Gasteiger partial charge is 0.252 e. The Morgan fingerprint density at radius 1 is 1.14 bits per heavy atom. The fourth-order valence-electron chi connectivity index (χ4n) is 4.82. The van der Waals surface area contributed by atoms with Gasteiger partial charge in [-0.05, 0) is 36.1 Å². The van der Waals surface area contributed by atoms with Gasteiger partial charge < -0.3 is 15.3 Å². The maximum absolute atomic E-state index is 13.9. The van der Waals surface area contributed by atoms with Crippen molar-refractivity contribution in [3.8, 4) is 5.75 Å². The van der Waals surface area contributed by atoms with E-state index in [9.17, 15) is 23.5 Å². The Labute approximate surface area is 204 Å². The maximum Gasteiger partial charge on any atom is 0.252 e. The standard InChI is InChI=1S/C26H32F2N4O3/c1-31-14-13-22(30-31)24(25(35)29-17-19-5-3-2-4-6-19)32(20-15-26(27,28)16-20)23(34)12-9-18-7-10-21(33)11-8-18/h2-8,10-11,20,22,24,30,33H,9,12-17H2,1H3,(H,29,35). The number of phenols is 1. The van der Waals surface area contributed by atoms with Crippen molar-refractivity contribution in [3.05, 3.63) is 65.7 Å². The van der Waals surface area contributed by atoms with E-state index in [-0.39, 0.29) is 36.6 Å². The normalized spacial score (nSPS) is 20.7. The van der Waals surface area contributed by atoms with Crippen LogP contribution < -0.4 is 10.7 Å². The summed E-state index contributed by atoms with van der Waals surface area (Å²) in [5, 5.41) is 14.3. The number of hydrogen-bond acceptors (Lipinski definition) is 5. The van der Waals surface area contributed by atoms with Crippen LogP contribution in [0.2, 0.25) is 0 Å². The Balaban J connectivity index is 1.54. The van der Waals surface area contributed by atoms with E-state index in [0.717, 1.165) is 11.1 Å². The molecule has 0 aromatic heterocycles. The highest BCUT2D eigenvalue weighted by atomic mass is 19.3. The summed E-state index contributed by atoms with van der Waals surface area (Å²) in [4.78, 5) is 28.4. The molecule has 35 heavy (non-hydrogen) atoms. The minimum atomic E-state index is -2.83. The number of hydrazine groups is 1. The first-order valence-electron chi connectivity index (χ1n) is 12.0. The van der Waals surface area contributed by atoms with Gasteiger partial charge in [0.2, 0.25) is 11.8 Å². The van der Waals surface area contributed by atoms with Crippen molar-refractivity contribution in [2.24, 2.45) is 0 Å². The van der Waals surface area contributed by atoms with Crippen LogP contribution in [0, 0.1) is 0 Å². The van der Waals surface area contributed by atoms with Crippen molar-refractivity contribution >= 4 is 11.8 Å². The largest absolute Gasteiger partial charge is 0.508 e. The highest BCUT2D eigenvalue weighted by molar-refractivity contribution is 5.89. The third-order valence-electron chi connectivity index (χ3n) is 6.73. The van der Waals surface area contributed by atoms with Crippen molar-refractivity contribution in [2.75, 3.05) is 13.6 Å². The third kappa shape index (κ3) is 6.35. The minimum absolute atomic E-state index is 0.0812. The van der Waals surface area contributed by atoms with Crippen LogP contribution in [-0.2, 0) is 22.6 Å². The fraction of sp³-hybridized carbons (Fsp3) is 0.462. The lowest BCUT2D eigenvalue weighted by Gasteiger charge is -2.47. The number of alkyl halides is 2. The number of rotatable bonds is 9. The topological polar surface area (TPSA) is 84.9 Å². The van der Waals surface area contributed by atoms with Gasteiger partial charge in [0, 0.05) is 45.4 Å². The molecule has 1 saturated heterocycles. The molecule has 2 unspecified atom stereocenters. The molecule has 2 aliphatic rings. The number of carbonyl (C=O) groups excluding carboxylic acids is 2. The highest BCUT2D eigenvalue weighted by Crippen LogP contribution is 2.42. The molecule has 0 radical (unpaired) electrons. The number of hydrogen-bond donors (Lipinski definition) is 3. The minimum Gasteiger partial charge on any atom is -0.508 e. The number of carbonyl (C=O) groups is 2. The molecule has 2 amide bonds. The molecule has 1 aliphatic heterocycles. The molecule has 0 bridgehead atoms. The van der Waals surface area contributed by atoms with Crippen molar-refractivity contribution in [2.45, 2.75) is 62.7 Å². The summed E-state index contributed by atoms with van der Waals surface area (Å²) >= 11 is 0. The Hall–Kier alpha value is -3.04. The maximum atomic E-state index is 13.9. The number of amides is 2. The van der Waals surface area contributed by atoms with E-state index in [0.29, 0.717) is 19.4 Å². The van der Waals surface area contributed by atoms with Crippen LogP contribution in [0.1, 0.15) is 36.8 Å². The molecular weight excluding hydrogens is 454 g/mol. The summed E-state index contributed by atoms with van der Waals surface area (Å²) in [5.41, 5.74) is 5.00. The molecule has 0 spiro atoms. The monoisotopic (exact) mass is 486 g/mol. The number of nitrogens with one attached hydrogen (secondary N) is 2. The number of phenolic OH excluding ortho intramolecular Hbond substituents is 1. The number of halogens is 2. The molecule has 1 aliphatic carbocycles. The quantitative estimate of drug-likeness (QED) is 0.508. The molecular formula is C26H32F2N4O3. The summed E-state index contributed by atoms with van der Waals surface area (Å²) in [7, 11) is 1.85. The lowest BCUT2D eigenvalue weighted by atomic mass is 9.84. The molecule has 9 heteroatoms. The van der Waals surface area contributed by atoms with Crippen LogP contribution in [0.25, 0.3) is 0 Å². The van der Waals surface area contributed by atoms with Crippen LogP contribution in [0.3, 0.4) is 0 Å². The van der Waals surface area contributed by atoms with Gasteiger partial charge in [0.05, 0.1) is 6.04 Å². The SMILES string of the molecule is CN1CCC(C(C(=O)NCc2ccccc2)N(C(=O)CCc2ccc(O)cc2)C2CC(F)(F)C2)N1. The highest BCUT2D eigenvalue weighted by Gasteiger charge is 2.53. The Morgan fingerprint density at radius 2 is 1.83 bits per heavy atom. The summed E-state index contributed by atoms with van der Waals surface area (Å²) in [6, 6.07) is 14.0. The number of aryl methyl sites for hydroxylation is 1. The van der Waals surface area contributed by atoms with Gasteiger partial charge >= 0.3 is 0 Å². The second-order valence-electron chi connectivity index (χ2n) is 9.48. The first kappa shape index (κ1) is 25.1. The van der Waals surface area contributed by atoms with Crippen molar-refractivity contribution in [1.29, 1.82) is 0 Å². The third-order valence-corrected chi connectivity index (χ3v) is 6.73. The molecule has 2 fully saturated rings. The van der Waals surface area contributed by atoms with Gasteiger partial charge in [0.25, 0.3) is 5.92 Å². The van der Waals surface area contributed by atoms with Crippen LogP contribution in [0.15, 0.2) is 54.6 Å². The summed E-state index contributed by atoms with van der Waals surface area (Å²) in [6.45, 7) is 0.971. The first-order valence-corrected chi connectivity index (χ1v) is 12.0. The zero-order valence-corrected chi connectivity index (χ0v) is 19.8. The summed E-state index contributed by atoms with van der Waals surface area (Å²) in [5.74, 6) is -3.37. The molecule has 1 saturated carbocycles. The van der Waals surface area contributed by atoms with Crippen molar-refractivity contribution < 1.29 is 23.5 Å². The molecule has 2 atom stereocenters. The Bertz CT molecular complexity index is 1010. The second kappa shape index (κ2) is 10.7. The van der Waals surface area contributed by atoms with Crippen molar-refractivity contribution in [1.82, 2.24) is 20.7 Å². The van der Waals surface area contributed by atoms with E-state index >= 15 is 0 Å². The number of aromatic hydroxyl groups is 1. The summed E-state index contributed by atoms with van der Waals surface area (Å²) in [6.07, 6.45) is 0.198. The van der Waals surface area contributed by atoms with Gasteiger partial charge in [0.15, 0.2) is 0 Å². The van der Waals surface area contributed by atoms with E-state index in [1.165, 1.54) is 4.90 Å². The van der Waals surface area contributed by atoms with Gasteiger partial charge in [-0.15, -0.1) is 0 Å². The van der Waals surface area contributed by atoms with Crippen LogP contribution in [0.5, 0.6) is 5.75 Å². The van der Waals surface area contributed by atoms with Crippen LogP contribution in [-0.4, -0.2) is 64.5 Å². The van der Waals surface area contributed by atoms with E-state index < -0.39 is 30.8 Å². The molecule has 2 aromatic carbocycles.